The first kappa shape index (κ1) is 13.0. The molecule has 1 aromatic rings. The van der Waals surface area contributed by atoms with Crippen molar-refractivity contribution in [3.8, 4) is 0 Å². The van der Waals surface area contributed by atoms with Crippen LogP contribution in [-0.2, 0) is 7.05 Å². The number of aryl methyl sites for hydroxylation is 1. The third kappa shape index (κ3) is 4.19. The summed E-state index contributed by atoms with van der Waals surface area (Å²) in [4.78, 5) is 4.39. The largest absolute Gasteiger partial charge is 0.340 e. The Labute approximate surface area is 98.6 Å². The summed E-state index contributed by atoms with van der Waals surface area (Å²) in [5.74, 6) is 0. The van der Waals surface area contributed by atoms with Crippen molar-refractivity contribution in [3.05, 3.63) is 30.9 Å². The molecule has 90 valence electrons. The van der Waals surface area contributed by atoms with E-state index >= 15 is 0 Å². The molecule has 0 fully saturated rings. The van der Waals surface area contributed by atoms with Gasteiger partial charge in [-0.25, -0.2) is 4.98 Å². The monoisotopic (exact) mass is 221 g/mol. The van der Waals surface area contributed by atoms with E-state index in [2.05, 4.69) is 23.1 Å². The Balaban J connectivity index is 2.29. The highest BCUT2D eigenvalue weighted by Crippen LogP contribution is 2.17. The highest BCUT2D eigenvalue weighted by molar-refractivity contribution is 5.03. The Hall–Kier alpha value is -1.09. The van der Waals surface area contributed by atoms with E-state index in [1.807, 2.05) is 31.1 Å². The minimum Gasteiger partial charge on any atom is -0.340 e. The minimum atomic E-state index is 0.393. The highest BCUT2D eigenvalue weighted by Gasteiger charge is 2.10. The summed E-state index contributed by atoms with van der Waals surface area (Å²) in [5, 5.41) is 3.33. The zero-order valence-electron chi connectivity index (χ0n) is 10.4. The Kier molecular flexibility index (Phi) is 5.86. The molecule has 1 aromatic heterocycles. The van der Waals surface area contributed by atoms with Gasteiger partial charge in [0.1, 0.15) is 0 Å². The number of hydrogen-bond acceptors (Lipinski definition) is 2. The van der Waals surface area contributed by atoms with Crippen LogP contribution in [0.15, 0.2) is 25.2 Å². The predicted octanol–water partition coefficient (Wildman–Crippen LogP) is 2.82. The Bertz CT molecular complexity index is 304. The van der Waals surface area contributed by atoms with Gasteiger partial charge in [0.25, 0.3) is 0 Å². The first-order chi connectivity index (χ1) is 7.77. The van der Waals surface area contributed by atoms with Crippen LogP contribution in [-0.4, -0.2) is 16.6 Å². The number of aromatic nitrogens is 2. The number of hydrogen-bond donors (Lipinski definition) is 1. The predicted molar refractivity (Wildman–Crippen MR) is 68.3 cm³/mol. The van der Waals surface area contributed by atoms with Crippen LogP contribution in [0.5, 0.6) is 0 Å². The third-order valence-electron chi connectivity index (χ3n) is 2.83. The molecule has 1 unspecified atom stereocenters. The molecule has 3 heteroatoms. The fourth-order valence-electron chi connectivity index (χ4n) is 1.87. The van der Waals surface area contributed by atoms with Crippen molar-refractivity contribution in [2.24, 2.45) is 7.05 Å². The van der Waals surface area contributed by atoms with Gasteiger partial charge in [-0.3, -0.25) is 0 Å². The first-order valence-electron chi connectivity index (χ1n) is 6.04. The molecule has 16 heavy (non-hydrogen) atoms. The van der Waals surface area contributed by atoms with Crippen molar-refractivity contribution in [2.45, 2.75) is 38.1 Å². The maximum Gasteiger partial charge on any atom is 0.0947 e. The van der Waals surface area contributed by atoms with Crippen molar-refractivity contribution < 1.29 is 0 Å². The smallest absolute Gasteiger partial charge is 0.0947 e. The quantitative estimate of drug-likeness (QED) is 0.540. The second-order valence-corrected chi connectivity index (χ2v) is 4.23. The summed E-state index contributed by atoms with van der Waals surface area (Å²) in [6.45, 7) is 3.73. The molecule has 0 bridgehead atoms. The van der Waals surface area contributed by atoms with Crippen LogP contribution in [0, 0.1) is 0 Å². The first-order valence-corrected chi connectivity index (χ1v) is 6.04. The van der Waals surface area contributed by atoms with Crippen molar-refractivity contribution in [2.75, 3.05) is 7.05 Å². The van der Waals surface area contributed by atoms with Gasteiger partial charge in [0.15, 0.2) is 0 Å². The molecule has 0 aromatic carbocycles. The molecule has 1 rings (SSSR count). The molecule has 3 nitrogen and oxygen atoms in total. The van der Waals surface area contributed by atoms with Gasteiger partial charge in [0.05, 0.1) is 18.1 Å². The molecule has 0 aliphatic carbocycles. The lowest BCUT2D eigenvalue weighted by Crippen LogP contribution is -2.16. The van der Waals surface area contributed by atoms with Crippen molar-refractivity contribution in [3.63, 3.8) is 0 Å². The molecule has 0 spiro atoms. The van der Waals surface area contributed by atoms with Gasteiger partial charge in [-0.2, -0.15) is 0 Å². The number of nitrogens with zero attached hydrogens (tertiary/aromatic N) is 2. The summed E-state index contributed by atoms with van der Waals surface area (Å²) < 4.78 is 2.00. The normalized spacial score (nSPS) is 12.6. The lowest BCUT2D eigenvalue weighted by molar-refractivity contribution is 0.499. The topological polar surface area (TPSA) is 29.9 Å². The van der Waals surface area contributed by atoms with Crippen LogP contribution in [0.1, 0.15) is 43.8 Å². The zero-order chi connectivity index (χ0) is 11.8. The molecule has 0 radical (unpaired) electrons. The zero-order valence-corrected chi connectivity index (χ0v) is 10.4. The van der Waals surface area contributed by atoms with Crippen LogP contribution in [0.25, 0.3) is 0 Å². The van der Waals surface area contributed by atoms with E-state index in [0.717, 1.165) is 18.5 Å². The number of allylic oxidation sites excluding steroid dienone is 1. The number of nitrogens with one attached hydrogen (secondary N) is 1. The van der Waals surface area contributed by atoms with E-state index < -0.39 is 0 Å². The van der Waals surface area contributed by atoms with Gasteiger partial charge in [-0.15, -0.1) is 6.58 Å². The summed E-state index contributed by atoms with van der Waals surface area (Å²) in [7, 11) is 4.01. The molecule has 1 atom stereocenters. The van der Waals surface area contributed by atoms with Gasteiger partial charge >= 0.3 is 0 Å². The van der Waals surface area contributed by atoms with E-state index in [0.29, 0.717) is 6.04 Å². The second-order valence-electron chi connectivity index (χ2n) is 4.23. The highest BCUT2D eigenvalue weighted by atomic mass is 15.0. The standard InChI is InChI=1S/C13H23N3/c1-4-5-6-7-8-9-12(14-2)13-10-16(3)11-15-13/h4,10-12,14H,1,5-9H2,2-3H3. The van der Waals surface area contributed by atoms with Gasteiger partial charge in [-0.1, -0.05) is 18.9 Å². The Morgan fingerprint density at radius 1 is 1.50 bits per heavy atom. The molecule has 1 heterocycles. The van der Waals surface area contributed by atoms with Crippen LogP contribution < -0.4 is 5.32 Å². The fraction of sp³-hybridized carbons (Fsp3) is 0.615. The second kappa shape index (κ2) is 7.23. The fourth-order valence-corrected chi connectivity index (χ4v) is 1.87. The van der Waals surface area contributed by atoms with Crippen LogP contribution in [0.4, 0.5) is 0 Å². The number of unbranched alkanes of at least 4 members (excludes halogenated alkanes) is 3. The molecular weight excluding hydrogens is 198 g/mol. The minimum absolute atomic E-state index is 0.393. The van der Waals surface area contributed by atoms with E-state index in [1.54, 1.807) is 0 Å². The molecule has 0 saturated heterocycles. The van der Waals surface area contributed by atoms with Gasteiger partial charge in [-0.05, 0) is 26.3 Å². The van der Waals surface area contributed by atoms with Crippen molar-refractivity contribution in [1.29, 1.82) is 0 Å². The lowest BCUT2D eigenvalue weighted by atomic mass is 10.1. The molecule has 0 amide bonds. The number of rotatable bonds is 8. The van der Waals surface area contributed by atoms with Crippen LogP contribution >= 0.6 is 0 Å². The van der Waals surface area contributed by atoms with Crippen LogP contribution in [0.3, 0.4) is 0 Å². The summed E-state index contributed by atoms with van der Waals surface area (Å²) in [6, 6.07) is 0.393. The summed E-state index contributed by atoms with van der Waals surface area (Å²) in [5.41, 5.74) is 1.15. The maximum atomic E-state index is 4.39. The maximum absolute atomic E-state index is 4.39. The summed E-state index contributed by atoms with van der Waals surface area (Å²) >= 11 is 0. The molecule has 0 aliphatic heterocycles. The van der Waals surface area contributed by atoms with Gasteiger partial charge in [0.2, 0.25) is 0 Å². The molecule has 1 N–H and O–H groups in total. The lowest BCUT2D eigenvalue weighted by Gasteiger charge is -2.13. The van der Waals surface area contributed by atoms with Crippen molar-refractivity contribution >= 4 is 0 Å². The molecular formula is C13H23N3. The average molecular weight is 221 g/mol. The number of imidazole rings is 1. The Morgan fingerprint density at radius 2 is 2.31 bits per heavy atom. The third-order valence-corrected chi connectivity index (χ3v) is 2.83. The van der Waals surface area contributed by atoms with Gasteiger partial charge in [0, 0.05) is 13.2 Å². The Morgan fingerprint density at radius 3 is 2.88 bits per heavy atom. The van der Waals surface area contributed by atoms with Gasteiger partial charge < -0.3 is 9.88 Å². The average Bonchev–Trinajstić information content (AvgIpc) is 2.70. The molecule has 0 aliphatic rings. The van der Waals surface area contributed by atoms with Crippen molar-refractivity contribution in [1.82, 2.24) is 14.9 Å². The summed E-state index contributed by atoms with van der Waals surface area (Å²) in [6.07, 6.45) is 12.0. The van der Waals surface area contributed by atoms with E-state index in [1.165, 1.54) is 19.3 Å². The van der Waals surface area contributed by atoms with Crippen LogP contribution in [0.2, 0.25) is 0 Å². The molecule has 0 saturated carbocycles. The van der Waals surface area contributed by atoms with E-state index in [-0.39, 0.29) is 0 Å². The van der Waals surface area contributed by atoms with E-state index in [4.69, 9.17) is 0 Å². The van der Waals surface area contributed by atoms with E-state index in [9.17, 15) is 0 Å². The SMILES string of the molecule is C=CCCCCCC(NC)c1cn(C)cn1.